The van der Waals surface area contributed by atoms with Crippen LogP contribution in [0.4, 0.5) is 0 Å². The zero-order valence-corrected chi connectivity index (χ0v) is 10.7. The average Bonchev–Trinajstić information content (AvgIpc) is 3.07. The predicted octanol–water partition coefficient (Wildman–Crippen LogP) is 0.925. The summed E-state index contributed by atoms with van der Waals surface area (Å²) in [5.74, 6) is 0.652. The summed E-state index contributed by atoms with van der Waals surface area (Å²) in [6.45, 7) is 2.56. The van der Waals surface area contributed by atoms with Gasteiger partial charge in [0.15, 0.2) is 0 Å². The number of nitrogens with two attached hydrogens (primary N) is 1. The van der Waals surface area contributed by atoms with Gasteiger partial charge in [-0.05, 0) is 44.4 Å². The molecule has 0 bridgehead atoms. The third-order valence-corrected chi connectivity index (χ3v) is 4.43. The van der Waals surface area contributed by atoms with Crippen molar-refractivity contribution in [1.82, 2.24) is 5.32 Å². The van der Waals surface area contributed by atoms with E-state index in [1.807, 2.05) is 0 Å². The Kier molecular flexibility index (Phi) is 3.46. The molecule has 2 fully saturated rings. The second kappa shape index (κ2) is 4.58. The molecule has 0 unspecified atom stereocenters. The van der Waals surface area contributed by atoms with Crippen LogP contribution in [0.1, 0.15) is 51.9 Å². The van der Waals surface area contributed by atoms with Crippen molar-refractivity contribution in [1.29, 1.82) is 0 Å². The van der Waals surface area contributed by atoms with Gasteiger partial charge in [0.2, 0.25) is 5.91 Å². The summed E-state index contributed by atoms with van der Waals surface area (Å²) in [6, 6.07) is 0. The number of hydrogen-bond acceptors (Lipinski definition) is 3. The van der Waals surface area contributed by atoms with Gasteiger partial charge in [0.05, 0.1) is 11.1 Å². The molecule has 0 atom stereocenters. The van der Waals surface area contributed by atoms with E-state index in [0.717, 1.165) is 44.4 Å². The van der Waals surface area contributed by atoms with Crippen LogP contribution in [-0.2, 0) is 4.79 Å². The molecule has 2 rings (SSSR count). The molecule has 0 aliphatic heterocycles. The van der Waals surface area contributed by atoms with Gasteiger partial charge in [-0.2, -0.15) is 0 Å². The Balaban J connectivity index is 1.77. The van der Waals surface area contributed by atoms with Gasteiger partial charge in [-0.1, -0.05) is 13.3 Å². The predicted molar refractivity (Wildman–Crippen MR) is 66.4 cm³/mol. The molecule has 17 heavy (non-hydrogen) atoms. The molecule has 0 aromatic heterocycles. The van der Waals surface area contributed by atoms with E-state index in [1.165, 1.54) is 6.42 Å². The van der Waals surface area contributed by atoms with Gasteiger partial charge in [-0.3, -0.25) is 4.79 Å². The van der Waals surface area contributed by atoms with Crippen LogP contribution in [0.2, 0.25) is 0 Å². The smallest absolute Gasteiger partial charge is 0.240 e. The van der Waals surface area contributed by atoms with Crippen LogP contribution >= 0.6 is 0 Å². The molecule has 0 aromatic carbocycles. The normalized spacial score (nSPS) is 35.4. The lowest BCUT2D eigenvalue weighted by Gasteiger charge is -2.36. The molecule has 0 spiro atoms. The Hall–Kier alpha value is -0.610. The van der Waals surface area contributed by atoms with E-state index in [0.29, 0.717) is 6.54 Å². The number of carbonyl (C=O) groups is 1. The van der Waals surface area contributed by atoms with E-state index in [1.54, 1.807) is 0 Å². The van der Waals surface area contributed by atoms with Crippen LogP contribution in [0.3, 0.4) is 0 Å². The number of hydrogen-bond donors (Lipinski definition) is 3. The second-order valence-electron chi connectivity index (χ2n) is 5.91. The van der Waals surface area contributed by atoms with Crippen molar-refractivity contribution in [3.05, 3.63) is 0 Å². The van der Waals surface area contributed by atoms with E-state index >= 15 is 0 Å². The quantitative estimate of drug-likeness (QED) is 0.684. The maximum atomic E-state index is 11.7. The minimum atomic E-state index is -0.702. The lowest BCUT2D eigenvalue weighted by molar-refractivity contribution is -0.125. The number of rotatable bonds is 4. The molecule has 0 radical (unpaired) electrons. The Labute approximate surface area is 103 Å². The molecule has 0 heterocycles. The fourth-order valence-electron chi connectivity index (χ4n) is 2.58. The van der Waals surface area contributed by atoms with Crippen molar-refractivity contribution in [3.8, 4) is 0 Å². The molecule has 4 nitrogen and oxygen atoms in total. The summed E-state index contributed by atoms with van der Waals surface area (Å²) < 4.78 is 0. The fraction of sp³-hybridized carbons (Fsp3) is 0.923. The Morgan fingerprint density at radius 1 is 1.35 bits per heavy atom. The minimum absolute atomic E-state index is 0.0939. The van der Waals surface area contributed by atoms with E-state index < -0.39 is 11.1 Å². The molecule has 1 amide bonds. The maximum absolute atomic E-state index is 11.7. The molecule has 2 aliphatic carbocycles. The van der Waals surface area contributed by atoms with Crippen molar-refractivity contribution in [2.24, 2.45) is 11.7 Å². The molecular formula is C13H24N2O2. The number of amides is 1. The number of nitrogens with one attached hydrogen (secondary N) is 1. The topological polar surface area (TPSA) is 75.3 Å². The van der Waals surface area contributed by atoms with Crippen LogP contribution in [0.5, 0.6) is 0 Å². The maximum Gasteiger partial charge on any atom is 0.240 e. The van der Waals surface area contributed by atoms with E-state index in [4.69, 9.17) is 5.73 Å². The monoisotopic (exact) mass is 240 g/mol. The van der Waals surface area contributed by atoms with Crippen LogP contribution in [0, 0.1) is 5.92 Å². The van der Waals surface area contributed by atoms with Gasteiger partial charge in [-0.25, -0.2) is 0 Å². The third-order valence-electron chi connectivity index (χ3n) is 4.43. The highest BCUT2D eigenvalue weighted by Gasteiger charge is 2.46. The summed E-state index contributed by atoms with van der Waals surface area (Å²) in [7, 11) is 0. The lowest BCUT2D eigenvalue weighted by Crippen LogP contribution is -2.50. The van der Waals surface area contributed by atoms with E-state index in [-0.39, 0.29) is 5.91 Å². The summed E-state index contributed by atoms with van der Waals surface area (Å²) in [5, 5.41) is 13.2. The van der Waals surface area contributed by atoms with Crippen LogP contribution in [0.15, 0.2) is 0 Å². The summed E-state index contributed by atoms with van der Waals surface area (Å²) in [6.07, 6.45) is 6.46. The molecule has 2 aliphatic rings. The number of carbonyl (C=O) groups excluding carboxylic acids is 1. The molecule has 98 valence electrons. The molecule has 4 N–H and O–H groups in total. The highest BCUT2D eigenvalue weighted by Crippen LogP contribution is 2.34. The SMILES string of the molecule is CCC1CCC(O)(CNC(=O)C2(N)CC2)CC1. The zero-order valence-electron chi connectivity index (χ0n) is 10.7. The molecule has 0 aromatic rings. The fourth-order valence-corrected chi connectivity index (χ4v) is 2.58. The van der Waals surface area contributed by atoms with Gasteiger partial charge in [0, 0.05) is 6.54 Å². The van der Waals surface area contributed by atoms with Gasteiger partial charge < -0.3 is 16.2 Å². The summed E-state index contributed by atoms with van der Waals surface area (Å²) in [4.78, 5) is 11.7. The first kappa shape index (κ1) is 12.8. The first-order chi connectivity index (χ1) is 7.97. The highest BCUT2D eigenvalue weighted by atomic mass is 16.3. The van der Waals surface area contributed by atoms with Gasteiger partial charge in [0.1, 0.15) is 0 Å². The van der Waals surface area contributed by atoms with Crippen LogP contribution in [-0.4, -0.2) is 28.7 Å². The number of aliphatic hydroxyl groups is 1. The van der Waals surface area contributed by atoms with Crippen molar-refractivity contribution in [3.63, 3.8) is 0 Å². The van der Waals surface area contributed by atoms with Crippen LogP contribution < -0.4 is 11.1 Å². The first-order valence-electron chi connectivity index (χ1n) is 6.77. The Morgan fingerprint density at radius 3 is 2.41 bits per heavy atom. The largest absolute Gasteiger partial charge is 0.388 e. The molecule has 4 heteroatoms. The van der Waals surface area contributed by atoms with Crippen molar-refractivity contribution < 1.29 is 9.90 Å². The van der Waals surface area contributed by atoms with Gasteiger partial charge in [-0.15, -0.1) is 0 Å². The Bertz CT molecular complexity index is 292. The van der Waals surface area contributed by atoms with E-state index in [9.17, 15) is 9.90 Å². The minimum Gasteiger partial charge on any atom is -0.388 e. The van der Waals surface area contributed by atoms with Gasteiger partial charge in [0.25, 0.3) is 0 Å². The van der Waals surface area contributed by atoms with Crippen molar-refractivity contribution >= 4 is 5.91 Å². The highest BCUT2D eigenvalue weighted by molar-refractivity contribution is 5.89. The van der Waals surface area contributed by atoms with Crippen LogP contribution in [0.25, 0.3) is 0 Å². The van der Waals surface area contributed by atoms with Crippen molar-refractivity contribution in [2.75, 3.05) is 6.54 Å². The molecule has 2 saturated carbocycles. The van der Waals surface area contributed by atoms with Gasteiger partial charge >= 0.3 is 0 Å². The zero-order chi connectivity index (χ0) is 12.5. The van der Waals surface area contributed by atoms with Crippen molar-refractivity contribution in [2.45, 2.75) is 63.0 Å². The average molecular weight is 240 g/mol. The molecular weight excluding hydrogens is 216 g/mol. The lowest BCUT2D eigenvalue weighted by atomic mass is 9.78. The Morgan fingerprint density at radius 2 is 1.94 bits per heavy atom. The third kappa shape index (κ3) is 2.99. The summed E-state index contributed by atoms with van der Waals surface area (Å²) >= 11 is 0. The summed E-state index contributed by atoms with van der Waals surface area (Å²) in [5.41, 5.74) is 4.47. The standard InChI is InChI=1S/C13H24N2O2/c1-2-10-3-5-12(17,6-4-10)9-15-11(16)13(14)7-8-13/h10,17H,2-9,14H2,1H3,(H,15,16). The second-order valence-corrected chi connectivity index (χ2v) is 5.91. The first-order valence-corrected chi connectivity index (χ1v) is 6.77. The molecule has 0 saturated heterocycles. The van der Waals surface area contributed by atoms with E-state index in [2.05, 4.69) is 12.2 Å².